The lowest BCUT2D eigenvalue weighted by Gasteiger charge is -2.21. The van der Waals surface area contributed by atoms with Gasteiger partial charge >= 0.3 is 0 Å². The first-order chi connectivity index (χ1) is 10.2. The molecule has 0 saturated carbocycles. The van der Waals surface area contributed by atoms with Crippen LogP contribution in [0.1, 0.15) is 43.4 Å². The molecule has 1 atom stereocenters. The third-order valence-corrected chi connectivity index (χ3v) is 3.78. The summed E-state index contributed by atoms with van der Waals surface area (Å²) in [5, 5.41) is 3.67. The minimum atomic E-state index is 0.360. The fourth-order valence-corrected chi connectivity index (χ4v) is 2.59. The van der Waals surface area contributed by atoms with E-state index in [1.807, 2.05) is 6.07 Å². The Bertz CT molecular complexity index is 551. The van der Waals surface area contributed by atoms with Gasteiger partial charge < -0.3 is 10.1 Å². The van der Waals surface area contributed by atoms with Crippen LogP contribution in [0, 0.1) is 6.92 Å². The van der Waals surface area contributed by atoms with Crippen molar-refractivity contribution >= 4 is 5.69 Å². The van der Waals surface area contributed by atoms with Gasteiger partial charge in [-0.2, -0.15) is 0 Å². The summed E-state index contributed by atoms with van der Waals surface area (Å²) < 4.78 is 5.33. The zero-order valence-electron chi connectivity index (χ0n) is 13.2. The average molecular weight is 283 g/mol. The van der Waals surface area contributed by atoms with Crippen LogP contribution in [-0.2, 0) is 0 Å². The summed E-state index contributed by atoms with van der Waals surface area (Å²) in [6.45, 7) is 4.31. The number of aryl methyl sites for hydroxylation is 1. The molecule has 0 saturated heterocycles. The molecule has 0 spiro atoms. The number of nitrogens with one attached hydrogen (secondary N) is 1. The second kappa shape index (κ2) is 7.72. The quantitative estimate of drug-likeness (QED) is 0.740. The van der Waals surface area contributed by atoms with Gasteiger partial charge in [0, 0.05) is 5.69 Å². The van der Waals surface area contributed by atoms with E-state index in [4.69, 9.17) is 4.74 Å². The van der Waals surface area contributed by atoms with E-state index in [1.54, 1.807) is 7.11 Å². The van der Waals surface area contributed by atoms with Crippen LogP contribution in [0.5, 0.6) is 5.75 Å². The van der Waals surface area contributed by atoms with Gasteiger partial charge in [-0.3, -0.25) is 0 Å². The van der Waals surface area contributed by atoms with Gasteiger partial charge in [-0.1, -0.05) is 50.1 Å². The van der Waals surface area contributed by atoms with E-state index in [0.717, 1.165) is 23.4 Å². The highest BCUT2D eigenvalue weighted by Crippen LogP contribution is 2.27. The number of rotatable bonds is 7. The lowest BCUT2D eigenvalue weighted by Crippen LogP contribution is -2.11. The molecule has 0 radical (unpaired) electrons. The van der Waals surface area contributed by atoms with Crippen molar-refractivity contribution < 1.29 is 4.74 Å². The van der Waals surface area contributed by atoms with E-state index in [0.29, 0.717) is 6.04 Å². The predicted octanol–water partition coefficient (Wildman–Crippen LogP) is 5.35. The smallest absolute Gasteiger partial charge is 0.121 e. The summed E-state index contributed by atoms with van der Waals surface area (Å²) in [4.78, 5) is 0. The molecule has 0 heterocycles. The number of hydrogen-bond acceptors (Lipinski definition) is 2. The summed E-state index contributed by atoms with van der Waals surface area (Å²) in [6.07, 6.45) is 3.58. The van der Waals surface area contributed by atoms with E-state index in [-0.39, 0.29) is 0 Å². The molecule has 0 amide bonds. The standard InChI is InChI=1S/C19H25NO/c1-4-5-11-18(16-9-7-6-8-10-16)20-17-12-13-19(21-3)15(2)14-17/h6-10,12-14,18,20H,4-5,11H2,1-3H3. The SMILES string of the molecule is CCCCC(Nc1ccc(OC)c(C)c1)c1ccccc1. The number of hydrogen-bond donors (Lipinski definition) is 1. The summed E-state index contributed by atoms with van der Waals surface area (Å²) in [6, 6.07) is 17.3. The zero-order chi connectivity index (χ0) is 15.1. The van der Waals surface area contributed by atoms with Crippen LogP contribution in [0.25, 0.3) is 0 Å². The summed E-state index contributed by atoms with van der Waals surface area (Å²) >= 11 is 0. The molecule has 0 aliphatic carbocycles. The van der Waals surface area contributed by atoms with Crippen molar-refractivity contribution in [3.8, 4) is 5.75 Å². The Hall–Kier alpha value is -1.96. The Kier molecular flexibility index (Phi) is 5.68. The largest absolute Gasteiger partial charge is 0.496 e. The molecule has 2 heteroatoms. The molecule has 0 aliphatic rings. The average Bonchev–Trinajstić information content (AvgIpc) is 2.52. The Morgan fingerprint density at radius 3 is 2.48 bits per heavy atom. The lowest BCUT2D eigenvalue weighted by molar-refractivity contribution is 0.412. The highest BCUT2D eigenvalue weighted by molar-refractivity contribution is 5.52. The first-order valence-electron chi connectivity index (χ1n) is 7.70. The van der Waals surface area contributed by atoms with Crippen molar-refractivity contribution in [2.45, 2.75) is 39.2 Å². The summed E-state index contributed by atoms with van der Waals surface area (Å²) in [5.74, 6) is 0.936. The molecule has 2 nitrogen and oxygen atoms in total. The van der Waals surface area contributed by atoms with E-state index < -0.39 is 0 Å². The predicted molar refractivity (Wildman–Crippen MR) is 90.1 cm³/mol. The molecule has 0 aliphatic heterocycles. The maximum Gasteiger partial charge on any atom is 0.121 e. The Labute approximate surface area is 128 Å². The molecule has 112 valence electrons. The van der Waals surface area contributed by atoms with Crippen LogP contribution in [0.2, 0.25) is 0 Å². The van der Waals surface area contributed by atoms with Crippen molar-refractivity contribution in [3.63, 3.8) is 0 Å². The maximum absolute atomic E-state index is 5.33. The highest BCUT2D eigenvalue weighted by Gasteiger charge is 2.11. The minimum absolute atomic E-state index is 0.360. The Morgan fingerprint density at radius 1 is 1.10 bits per heavy atom. The lowest BCUT2D eigenvalue weighted by atomic mass is 10.0. The zero-order valence-corrected chi connectivity index (χ0v) is 13.2. The van der Waals surface area contributed by atoms with Crippen LogP contribution < -0.4 is 10.1 Å². The number of benzene rings is 2. The fraction of sp³-hybridized carbons (Fsp3) is 0.368. The Morgan fingerprint density at radius 2 is 1.86 bits per heavy atom. The number of unbranched alkanes of at least 4 members (excludes halogenated alkanes) is 1. The monoisotopic (exact) mass is 283 g/mol. The van der Waals surface area contributed by atoms with Crippen molar-refractivity contribution in [1.29, 1.82) is 0 Å². The third kappa shape index (κ3) is 4.25. The van der Waals surface area contributed by atoms with Gasteiger partial charge in [0.2, 0.25) is 0 Å². The van der Waals surface area contributed by atoms with Gasteiger partial charge in [0.25, 0.3) is 0 Å². The second-order valence-electron chi connectivity index (χ2n) is 5.43. The number of methoxy groups -OCH3 is 1. The van der Waals surface area contributed by atoms with Crippen molar-refractivity contribution in [2.75, 3.05) is 12.4 Å². The molecule has 2 aromatic carbocycles. The van der Waals surface area contributed by atoms with Crippen LogP contribution in [0.4, 0.5) is 5.69 Å². The molecule has 2 aromatic rings. The molecular formula is C19H25NO. The van der Waals surface area contributed by atoms with Crippen molar-refractivity contribution in [2.24, 2.45) is 0 Å². The van der Waals surface area contributed by atoms with Gasteiger partial charge in [0.1, 0.15) is 5.75 Å². The first-order valence-corrected chi connectivity index (χ1v) is 7.70. The number of ether oxygens (including phenoxy) is 1. The van der Waals surface area contributed by atoms with E-state index in [2.05, 4.69) is 61.6 Å². The van der Waals surface area contributed by atoms with Crippen LogP contribution in [0.15, 0.2) is 48.5 Å². The van der Waals surface area contributed by atoms with E-state index in [9.17, 15) is 0 Å². The van der Waals surface area contributed by atoms with Crippen LogP contribution in [0.3, 0.4) is 0 Å². The highest BCUT2D eigenvalue weighted by atomic mass is 16.5. The molecule has 0 aromatic heterocycles. The van der Waals surface area contributed by atoms with E-state index in [1.165, 1.54) is 18.4 Å². The summed E-state index contributed by atoms with van der Waals surface area (Å²) in [7, 11) is 1.71. The molecule has 1 N–H and O–H groups in total. The number of anilines is 1. The van der Waals surface area contributed by atoms with Gasteiger partial charge in [0.15, 0.2) is 0 Å². The van der Waals surface area contributed by atoms with Crippen molar-refractivity contribution in [1.82, 2.24) is 0 Å². The molecule has 21 heavy (non-hydrogen) atoms. The minimum Gasteiger partial charge on any atom is -0.496 e. The maximum atomic E-state index is 5.33. The van der Waals surface area contributed by atoms with Gasteiger partial charge in [-0.05, 0) is 42.7 Å². The van der Waals surface area contributed by atoms with Crippen LogP contribution in [-0.4, -0.2) is 7.11 Å². The van der Waals surface area contributed by atoms with E-state index >= 15 is 0 Å². The normalized spacial score (nSPS) is 12.0. The first kappa shape index (κ1) is 15.4. The Balaban J connectivity index is 2.16. The van der Waals surface area contributed by atoms with Crippen LogP contribution >= 0.6 is 0 Å². The molecular weight excluding hydrogens is 258 g/mol. The second-order valence-corrected chi connectivity index (χ2v) is 5.43. The van der Waals surface area contributed by atoms with Gasteiger partial charge in [0.05, 0.1) is 13.2 Å². The fourth-order valence-electron chi connectivity index (χ4n) is 2.59. The molecule has 0 bridgehead atoms. The van der Waals surface area contributed by atoms with Crippen molar-refractivity contribution in [3.05, 3.63) is 59.7 Å². The molecule has 0 fully saturated rings. The summed E-state index contributed by atoms with van der Waals surface area (Å²) in [5.41, 5.74) is 3.66. The van der Waals surface area contributed by atoms with Gasteiger partial charge in [-0.15, -0.1) is 0 Å². The molecule has 1 unspecified atom stereocenters. The third-order valence-electron chi connectivity index (χ3n) is 3.78. The topological polar surface area (TPSA) is 21.3 Å². The van der Waals surface area contributed by atoms with Gasteiger partial charge in [-0.25, -0.2) is 0 Å². The molecule has 2 rings (SSSR count).